The van der Waals surface area contributed by atoms with Crippen LogP contribution in [0.3, 0.4) is 0 Å². The molecule has 7 nitrogen and oxygen atoms in total. The van der Waals surface area contributed by atoms with Gasteiger partial charge in [-0.15, -0.1) is 10.2 Å². The predicted molar refractivity (Wildman–Crippen MR) is 97.0 cm³/mol. The molecule has 8 heteroatoms. The second-order valence-corrected chi connectivity index (χ2v) is 6.65. The topological polar surface area (TPSA) is 90.4 Å². The fourth-order valence-corrected chi connectivity index (χ4v) is 3.05. The van der Waals surface area contributed by atoms with Crippen molar-refractivity contribution in [2.75, 3.05) is 19.0 Å². The third-order valence-corrected chi connectivity index (χ3v) is 4.55. The number of ether oxygens (including phenoxy) is 3. The van der Waals surface area contributed by atoms with Crippen molar-refractivity contribution < 1.29 is 18.6 Å². The number of aromatic nitrogens is 2. The van der Waals surface area contributed by atoms with Crippen molar-refractivity contribution in [1.82, 2.24) is 10.2 Å². The van der Waals surface area contributed by atoms with E-state index in [9.17, 15) is 0 Å². The van der Waals surface area contributed by atoms with Crippen molar-refractivity contribution in [2.45, 2.75) is 11.3 Å². The molecule has 136 valence electrons. The Morgan fingerprint density at radius 1 is 1.11 bits per heavy atom. The lowest BCUT2D eigenvalue weighted by atomic mass is 10.2. The Balaban J connectivity index is 1.27. The van der Waals surface area contributed by atoms with Gasteiger partial charge >= 0.3 is 0 Å². The number of fused-ring (bicyclic) bond motifs is 1. The number of benzene rings is 2. The first-order valence-electron chi connectivity index (χ1n) is 8.29. The molecular weight excluding hydrogens is 366 g/mol. The summed E-state index contributed by atoms with van der Waals surface area (Å²) in [5.74, 6) is 3.12. The summed E-state index contributed by atoms with van der Waals surface area (Å²) in [5.41, 5.74) is 0.603. The van der Waals surface area contributed by atoms with E-state index in [1.54, 1.807) is 24.3 Å². The van der Waals surface area contributed by atoms with Gasteiger partial charge in [0.25, 0.3) is 11.1 Å². The molecule has 2 heterocycles. The van der Waals surface area contributed by atoms with E-state index in [1.165, 1.54) is 11.8 Å². The average molecular weight is 381 g/mol. The molecule has 2 aromatic carbocycles. The SMILES string of the molecule is N#Cc1ccc(OCCSc2nnc(C3COc4ccccc4O3)o2)cc1. The second kappa shape index (κ2) is 8.01. The zero-order valence-corrected chi connectivity index (χ0v) is 15.0. The molecule has 0 bridgehead atoms. The van der Waals surface area contributed by atoms with E-state index < -0.39 is 6.10 Å². The molecule has 0 spiro atoms. The highest BCUT2D eigenvalue weighted by atomic mass is 32.2. The minimum absolute atomic E-state index is 0.325. The van der Waals surface area contributed by atoms with Crippen LogP contribution in [0.15, 0.2) is 58.2 Å². The number of nitriles is 1. The van der Waals surface area contributed by atoms with Gasteiger partial charge in [0, 0.05) is 5.75 Å². The fraction of sp³-hybridized carbons (Fsp3) is 0.211. The molecular formula is C19H15N3O4S. The number of hydrogen-bond donors (Lipinski definition) is 0. The Hall–Kier alpha value is -3.18. The summed E-state index contributed by atoms with van der Waals surface area (Å²) in [7, 11) is 0. The smallest absolute Gasteiger partial charge is 0.276 e. The molecule has 1 atom stereocenters. The molecule has 27 heavy (non-hydrogen) atoms. The maximum Gasteiger partial charge on any atom is 0.276 e. The Labute approximate surface area is 159 Å². The lowest BCUT2D eigenvalue weighted by molar-refractivity contribution is 0.0686. The highest BCUT2D eigenvalue weighted by Crippen LogP contribution is 2.35. The van der Waals surface area contributed by atoms with Crippen LogP contribution in [0.1, 0.15) is 17.6 Å². The molecule has 1 aliphatic rings. The molecule has 0 saturated heterocycles. The van der Waals surface area contributed by atoms with Crippen molar-refractivity contribution in [3.05, 3.63) is 60.0 Å². The molecule has 0 saturated carbocycles. The minimum Gasteiger partial charge on any atom is -0.493 e. The predicted octanol–water partition coefficient (Wildman–Crippen LogP) is 3.62. The second-order valence-electron chi connectivity index (χ2n) is 5.60. The zero-order chi connectivity index (χ0) is 18.5. The summed E-state index contributed by atoms with van der Waals surface area (Å²) in [6, 6.07) is 16.5. The number of nitrogens with zero attached hydrogens (tertiary/aromatic N) is 3. The van der Waals surface area contributed by atoms with Crippen molar-refractivity contribution >= 4 is 11.8 Å². The van der Waals surface area contributed by atoms with Gasteiger partial charge in [0.15, 0.2) is 11.5 Å². The maximum absolute atomic E-state index is 8.78. The van der Waals surface area contributed by atoms with Gasteiger partial charge in [0.05, 0.1) is 18.2 Å². The summed E-state index contributed by atoms with van der Waals surface area (Å²) in [6.45, 7) is 0.801. The molecule has 0 amide bonds. The van der Waals surface area contributed by atoms with Crippen LogP contribution in [-0.4, -0.2) is 29.2 Å². The minimum atomic E-state index is -0.420. The highest BCUT2D eigenvalue weighted by Gasteiger charge is 2.27. The lowest BCUT2D eigenvalue weighted by Crippen LogP contribution is -2.21. The molecule has 0 N–H and O–H groups in total. The third-order valence-electron chi connectivity index (χ3n) is 3.77. The molecule has 0 fully saturated rings. The summed E-state index contributed by atoms with van der Waals surface area (Å²) in [6.07, 6.45) is -0.420. The first-order valence-corrected chi connectivity index (χ1v) is 9.28. The quantitative estimate of drug-likeness (QED) is 0.472. The molecule has 4 rings (SSSR count). The molecule has 1 aliphatic heterocycles. The van der Waals surface area contributed by atoms with Gasteiger partial charge in [0.1, 0.15) is 12.4 Å². The summed E-state index contributed by atoms with van der Waals surface area (Å²) < 4.78 is 22.8. The van der Waals surface area contributed by atoms with E-state index in [4.69, 9.17) is 23.9 Å². The van der Waals surface area contributed by atoms with Crippen LogP contribution in [0, 0.1) is 11.3 Å². The third kappa shape index (κ3) is 4.15. The van der Waals surface area contributed by atoms with E-state index in [0.717, 1.165) is 0 Å². The normalized spacial score (nSPS) is 15.1. The van der Waals surface area contributed by atoms with Gasteiger partial charge in [-0.05, 0) is 36.4 Å². The maximum atomic E-state index is 8.78. The Morgan fingerprint density at radius 2 is 1.93 bits per heavy atom. The number of thioether (sulfide) groups is 1. The first-order chi connectivity index (χ1) is 13.3. The summed E-state index contributed by atoms with van der Waals surface area (Å²) in [4.78, 5) is 0. The Bertz CT molecular complexity index is 952. The van der Waals surface area contributed by atoms with E-state index in [2.05, 4.69) is 16.3 Å². The van der Waals surface area contributed by atoms with E-state index >= 15 is 0 Å². The van der Waals surface area contributed by atoms with Crippen LogP contribution in [0.4, 0.5) is 0 Å². The van der Waals surface area contributed by atoms with Crippen LogP contribution >= 0.6 is 11.8 Å². The molecule has 1 aromatic heterocycles. The largest absolute Gasteiger partial charge is 0.493 e. The van der Waals surface area contributed by atoms with Crippen molar-refractivity contribution in [2.24, 2.45) is 0 Å². The standard InChI is InChI=1S/C19H15N3O4S/c20-11-13-5-7-14(8-6-13)23-9-10-27-19-22-21-18(26-19)17-12-24-15-3-1-2-4-16(15)25-17/h1-8,17H,9-10,12H2. The van der Waals surface area contributed by atoms with E-state index in [1.807, 2.05) is 24.3 Å². The summed E-state index contributed by atoms with van der Waals surface area (Å²) >= 11 is 1.40. The average Bonchev–Trinajstić information content (AvgIpc) is 3.20. The fourth-order valence-electron chi connectivity index (χ4n) is 2.46. The van der Waals surface area contributed by atoms with Crippen LogP contribution in [0.5, 0.6) is 17.2 Å². The van der Waals surface area contributed by atoms with E-state index in [-0.39, 0.29) is 0 Å². The van der Waals surface area contributed by atoms with Crippen molar-refractivity contribution in [3.63, 3.8) is 0 Å². The van der Waals surface area contributed by atoms with Crippen LogP contribution < -0.4 is 14.2 Å². The van der Waals surface area contributed by atoms with Gasteiger partial charge in [0.2, 0.25) is 6.10 Å². The van der Waals surface area contributed by atoms with Gasteiger partial charge in [-0.25, -0.2) is 0 Å². The van der Waals surface area contributed by atoms with Gasteiger partial charge in [-0.3, -0.25) is 0 Å². The number of rotatable bonds is 6. The summed E-state index contributed by atoms with van der Waals surface area (Å²) in [5, 5.41) is 17.3. The van der Waals surface area contributed by atoms with Crippen LogP contribution in [-0.2, 0) is 0 Å². The number of hydrogen-bond acceptors (Lipinski definition) is 8. The number of para-hydroxylation sites is 2. The van der Waals surface area contributed by atoms with Crippen molar-refractivity contribution in [3.8, 4) is 23.3 Å². The first kappa shape index (κ1) is 17.2. The lowest BCUT2D eigenvalue weighted by Gasteiger charge is -2.23. The van der Waals surface area contributed by atoms with Crippen LogP contribution in [0.25, 0.3) is 0 Å². The van der Waals surface area contributed by atoms with E-state index in [0.29, 0.717) is 52.9 Å². The monoisotopic (exact) mass is 381 g/mol. The molecule has 1 unspecified atom stereocenters. The molecule has 0 aliphatic carbocycles. The highest BCUT2D eigenvalue weighted by molar-refractivity contribution is 7.99. The van der Waals surface area contributed by atoms with Gasteiger partial charge in [-0.1, -0.05) is 23.9 Å². The van der Waals surface area contributed by atoms with Gasteiger partial charge in [-0.2, -0.15) is 5.26 Å². The Kier molecular flexibility index (Phi) is 5.12. The van der Waals surface area contributed by atoms with Gasteiger partial charge < -0.3 is 18.6 Å². The van der Waals surface area contributed by atoms with Crippen molar-refractivity contribution in [1.29, 1.82) is 5.26 Å². The zero-order valence-electron chi connectivity index (χ0n) is 14.2. The Morgan fingerprint density at radius 3 is 2.74 bits per heavy atom. The molecule has 3 aromatic rings. The van der Waals surface area contributed by atoms with Crippen LogP contribution in [0.2, 0.25) is 0 Å². The molecule has 0 radical (unpaired) electrons.